The van der Waals surface area contributed by atoms with Gasteiger partial charge in [-0.15, -0.1) is 0 Å². The summed E-state index contributed by atoms with van der Waals surface area (Å²) >= 11 is 0. The van der Waals surface area contributed by atoms with E-state index in [1.54, 1.807) is 30.9 Å². The number of nitrogens with zero attached hydrogens (tertiary/aromatic N) is 4. The molecule has 0 aliphatic heterocycles. The molecule has 3 N–H and O–H groups in total. The Morgan fingerprint density at radius 1 is 1.44 bits per heavy atom. The summed E-state index contributed by atoms with van der Waals surface area (Å²) in [4.78, 5) is 7.94. The van der Waals surface area contributed by atoms with Crippen LogP contribution < -0.4 is 11.3 Å². The highest BCUT2D eigenvalue weighted by molar-refractivity contribution is 5.52. The number of aromatic nitrogens is 4. The fraction of sp³-hybridized carbons (Fsp3) is 0.222. The lowest BCUT2D eigenvalue weighted by atomic mass is 10.3. The predicted molar refractivity (Wildman–Crippen MR) is 56.7 cm³/mol. The van der Waals surface area contributed by atoms with E-state index in [1.807, 2.05) is 0 Å². The first-order valence-electron chi connectivity index (χ1n) is 4.62. The Kier molecular flexibility index (Phi) is 2.53. The Bertz CT molecular complexity index is 521. The molecule has 2 aromatic heterocycles. The van der Waals surface area contributed by atoms with Crippen LogP contribution in [0, 0.1) is 12.7 Å². The van der Waals surface area contributed by atoms with Crippen LogP contribution in [0.3, 0.4) is 0 Å². The lowest BCUT2D eigenvalue weighted by molar-refractivity contribution is 0.606. The van der Waals surface area contributed by atoms with Crippen molar-refractivity contribution in [3.8, 4) is 11.5 Å². The first kappa shape index (κ1) is 10.5. The van der Waals surface area contributed by atoms with Gasteiger partial charge in [0, 0.05) is 13.2 Å². The van der Waals surface area contributed by atoms with E-state index in [9.17, 15) is 4.39 Å². The molecule has 0 unspecified atom stereocenters. The molecule has 0 aromatic carbocycles. The van der Waals surface area contributed by atoms with E-state index >= 15 is 0 Å². The summed E-state index contributed by atoms with van der Waals surface area (Å²) in [6.45, 7) is 1.55. The smallest absolute Gasteiger partial charge is 0.187 e. The van der Waals surface area contributed by atoms with Crippen molar-refractivity contribution in [3.05, 3.63) is 23.8 Å². The molecule has 2 heterocycles. The molecule has 0 amide bonds. The van der Waals surface area contributed by atoms with E-state index in [0.29, 0.717) is 11.5 Å². The maximum atomic E-state index is 13.4. The third kappa shape index (κ3) is 1.72. The van der Waals surface area contributed by atoms with Gasteiger partial charge < -0.3 is 5.43 Å². The quantitative estimate of drug-likeness (QED) is 0.574. The second-order valence-corrected chi connectivity index (χ2v) is 3.31. The van der Waals surface area contributed by atoms with Crippen molar-refractivity contribution in [3.63, 3.8) is 0 Å². The number of hydrogen-bond acceptors (Lipinski definition) is 5. The number of aryl methyl sites for hydroxylation is 2. The van der Waals surface area contributed by atoms with Gasteiger partial charge in [-0.25, -0.2) is 20.2 Å². The number of nitrogen functional groups attached to an aromatic ring is 1. The van der Waals surface area contributed by atoms with E-state index in [4.69, 9.17) is 5.84 Å². The first-order valence-corrected chi connectivity index (χ1v) is 4.62. The molecular formula is C9H11FN6. The summed E-state index contributed by atoms with van der Waals surface area (Å²) < 4.78 is 15.0. The van der Waals surface area contributed by atoms with Crippen molar-refractivity contribution >= 4 is 5.82 Å². The molecule has 0 bridgehead atoms. The number of nitrogens with two attached hydrogens (primary N) is 1. The molecule has 0 aliphatic rings. The Labute approximate surface area is 91.3 Å². The molecule has 0 radical (unpaired) electrons. The molecule has 6 nitrogen and oxygen atoms in total. The van der Waals surface area contributed by atoms with Crippen LogP contribution in [-0.4, -0.2) is 19.7 Å². The molecule has 16 heavy (non-hydrogen) atoms. The Morgan fingerprint density at radius 2 is 2.19 bits per heavy atom. The minimum atomic E-state index is -0.554. The molecule has 2 rings (SSSR count). The zero-order valence-corrected chi connectivity index (χ0v) is 8.90. The van der Waals surface area contributed by atoms with E-state index in [0.717, 1.165) is 0 Å². The van der Waals surface area contributed by atoms with Crippen LogP contribution in [-0.2, 0) is 7.05 Å². The zero-order valence-electron chi connectivity index (χ0n) is 8.90. The number of anilines is 1. The number of halogens is 1. The normalized spacial score (nSPS) is 10.5. The molecule has 0 spiro atoms. The van der Waals surface area contributed by atoms with Crippen LogP contribution in [0.1, 0.15) is 5.69 Å². The van der Waals surface area contributed by atoms with Gasteiger partial charge in [0.05, 0.1) is 5.69 Å². The average molecular weight is 222 g/mol. The standard InChI is InChI=1S/C9H11FN6/c1-5-7(10)9(14-11)13-8(12-5)6-3-4-16(2)15-6/h3-4H,11H2,1-2H3,(H,12,13,14). The molecule has 0 saturated carbocycles. The monoisotopic (exact) mass is 222 g/mol. The number of hydrazine groups is 1. The molecule has 2 aromatic rings. The van der Waals surface area contributed by atoms with Crippen LogP contribution in [0.2, 0.25) is 0 Å². The summed E-state index contributed by atoms with van der Waals surface area (Å²) in [6.07, 6.45) is 1.76. The minimum absolute atomic E-state index is 0.0341. The summed E-state index contributed by atoms with van der Waals surface area (Å²) in [6, 6.07) is 1.74. The van der Waals surface area contributed by atoms with Crippen molar-refractivity contribution in [2.45, 2.75) is 6.92 Å². The molecule has 0 aliphatic carbocycles. The van der Waals surface area contributed by atoms with Crippen LogP contribution in [0.25, 0.3) is 11.5 Å². The van der Waals surface area contributed by atoms with Crippen molar-refractivity contribution in [1.29, 1.82) is 0 Å². The van der Waals surface area contributed by atoms with Crippen molar-refractivity contribution in [1.82, 2.24) is 19.7 Å². The molecule has 0 saturated heterocycles. The third-order valence-electron chi connectivity index (χ3n) is 2.10. The average Bonchev–Trinajstić information content (AvgIpc) is 2.69. The molecular weight excluding hydrogens is 211 g/mol. The van der Waals surface area contributed by atoms with Gasteiger partial charge in [-0.05, 0) is 13.0 Å². The minimum Gasteiger partial charge on any atom is -0.306 e. The van der Waals surface area contributed by atoms with Gasteiger partial charge in [-0.1, -0.05) is 0 Å². The van der Waals surface area contributed by atoms with Gasteiger partial charge >= 0.3 is 0 Å². The summed E-state index contributed by atoms with van der Waals surface area (Å²) in [5, 5.41) is 4.13. The van der Waals surface area contributed by atoms with Gasteiger partial charge in [-0.2, -0.15) is 5.10 Å². The second kappa shape index (κ2) is 3.86. The van der Waals surface area contributed by atoms with E-state index in [-0.39, 0.29) is 11.5 Å². The van der Waals surface area contributed by atoms with Crippen LogP contribution in [0.4, 0.5) is 10.2 Å². The second-order valence-electron chi connectivity index (χ2n) is 3.31. The molecule has 7 heteroatoms. The van der Waals surface area contributed by atoms with Crippen molar-refractivity contribution < 1.29 is 4.39 Å². The molecule has 84 valence electrons. The van der Waals surface area contributed by atoms with Crippen LogP contribution >= 0.6 is 0 Å². The zero-order chi connectivity index (χ0) is 11.7. The summed E-state index contributed by atoms with van der Waals surface area (Å²) in [7, 11) is 1.78. The number of nitrogens with one attached hydrogen (secondary N) is 1. The third-order valence-corrected chi connectivity index (χ3v) is 2.10. The number of hydrogen-bond donors (Lipinski definition) is 2. The fourth-order valence-electron chi connectivity index (χ4n) is 1.30. The Balaban J connectivity index is 2.54. The van der Waals surface area contributed by atoms with Gasteiger partial charge in [0.1, 0.15) is 5.69 Å². The fourth-order valence-corrected chi connectivity index (χ4v) is 1.30. The van der Waals surface area contributed by atoms with Gasteiger partial charge in [0.2, 0.25) is 0 Å². The van der Waals surface area contributed by atoms with Crippen LogP contribution in [0.5, 0.6) is 0 Å². The lowest BCUT2D eigenvalue weighted by Gasteiger charge is -2.05. The van der Waals surface area contributed by atoms with E-state index in [1.165, 1.54) is 0 Å². The maximum absolute atomic E-state index is 13.4. The molecule has 0 fully saturated rings. The largest absolute Gasteiger partial charge is 0.306 e. The Hall–Kier alpha value is -2.02. The topological polar surface area (TPSA) is 81.7 Å². The summed E-state index contributed by atoms with van der Waals surface area (Å²) in [5.41, 5.74) is 2.99. The Morgan fingerprint density at radius 3 is 2.75 bits per heavy atom. The van der Waals surface area contributed by atoms with Gasteiger partial charge in [-0.3, -0.25) is 4.68 Å². The SMILES string of the molecule is Cc1nc(-c2ccn(C)n2)nc(NN)c1F. The van der Waals surface area contributed by atoms with Gasteiger partial charge in [0.15, 0.2) is 17.5 Å². The van der Waals surface area contributed by atoms with Gasteiger partial charge in [0.25, 0.3) is 0 Å². The van der Waals surface area contributed by atoms with Crippen molar-refractivity contribution in [2.75, 3.05) is 5.43 Å². The van der Waals surface area contributed by atoms with E-state index < -0.39 is 5.82 Å². The highest BCUT2D eigenvalue weighted by Crippen LogP contribution is 2.18. The highest BCUT2D eigenvalue weighted by atomic mass is 19.1. The highest BCUT2D eigenvalue weighted by Gasteiger charge is 2.13. The first-order chi connectivity index (χ1) is 7.61. The molecule has 0 atom stereocenters. The van der Waals surface area contributed by atoms with E-state index in [2.05, 4.69) is 20.5 Å². The predicted octanol–water partition coefficient (Wildman–Crippen LogP) is 0.610. The summed E-state index contributed by atoms with van der Waals surface area (Å²) in [5.74, 6) is 4.92. The number of rotatable bonds is 2. The maximum Gasteiger partial charge on any atom is 0.187 e. The van der Waals surface area contributed by atoms with Crippen LogP contribution in [0.15, 0.2) is 12.3 Å². The lowest BCUT2D eigenvalue weighted by Crippen LogP contribution is -2.13. The van der Waals surface area contributed by atoms with Crippen molar-refractivity contribution in [2.24, 2.45) is 12.9 Å².